The number of hydrogen-bond acceptors (Lipinski definition) is 0. The molecule has 0 aromatic rings. The molecule has 0 aliphatic heterocycles. The van der Waals surface area contributed by atoms with E-state index in [0.717, 1.165) is 0 Å². The molecule has 0 amide bonds. The second kappa shape index (κ2) is 38.7. The third-order valence-corrected chi connectivity index (χ3v) is 0. The summed E-state index contributed by atoms with van der Waals surface area (Å²) in [6.07, 6.45) is 2.50. The smallest absolute Gasteiger partial charge is 0.0590 e. The van der Waals surface area contributed by atoms with Crippen molar-refractivity contribution in [2.75, 3.05) is 0 Å². The molecule has 0 N–H and O–H groups in total. The Labute approximate surface area is 46.3 Å². The van der Waals surface area contributed by atoms with Crippen molar-refractivity contribution in [1.82, 2.24) is 0 Å². The molecule has 7 heavy (non-hydrogen) atoms. The number of rotatable bonds is 0. The Bertz CT molecular complexity index is 6.14. The van der Waals surface area contributed by atoms with Gasteiger partial charge in [-0.2, -0.15) is 0 Å². The van der Waals surface area contributed by atoms with Gasteiger partial charge in [-0.25, -0.2) is 0 Å². The molecular weight excluding hydrogens is 91.1 g/mol. The topological polar surface area (TPSA) is 0 Å². The molecule has 0 radical (unpaired) electrons. The van der Waals surface area contributed by atoms with E-state index in [9.17, 15) is 0 Å². The molecule has 0 aromatic carbocycles. The van der Waals surface area contributed by atoms with Crippen LogP contribution in [0.2, 0.25) is 0 Å². The Balaban J connectivity index is -0.0000000400. The van der Waals surface area contributed by atoms with Crippen molar-refractivity contribution in [3.05, 3.63) is 0 Å². The highest BCUT2D eigenvalue weighted by molar-refractivity contribution is 3.92. The minimum atomic E-state index is 0. The lowest BCUT2D eigenvalue weighted by molar-refractivity contribution is 1.09. The van der Waals surface area contributed by atoms with Crippen LogP contribution < -0.4 is 0 Å². The molecule has 0 atom stereocenters. The van der Waals surface area contributed by atoms with Crippen LogP contribution >= 0.6 is 0 Å². The van der Waals surface area contributed by atoms with Gasteiger partial charge < -0.3 is 0 Å². The quantitative estimate of drug-likeness (QED) is 0.447. The third kappa shape index (κ3) is 18700. The van der Waals surface area contributed by atoms with Crippen LogP contribution in [0.5, 0.6) is 0 Å². The SMILES string of the molecule is CCC.CCC.F. The molecule has 0 aliphatic carbocycles. The Kier molecular flexibility index (Phi) is 87.2. The van der Waals surface area contributed by atoms with Crippen molar-refractivity contribution in [1.29, 1.82) is 0 Å². The fraction of sp³-hybridized carbons (Fsp3) is 1.00. The number of halogens is 1. The Morgan fingerprint density at radius 1 is 0.714 bits per heavy atom. The predicted molar refractivity (Wildman–Crippen MR) is 34.4 cm³/mol. The van der Waals surface area contributed by atoms with Gasteiger partial charge in [0.25, 0.3) is 0 Å². The van der Waals surface area contributed by atoms with Crippen molar-refractivity contribution in [2.45, 2.75) is 40.5 Å². The first-order valence-electron chi connectivity index (χ1n) is 2.83. The van der Waals surface area contributed by atoms with Gasteiger partial charge in [-0.1, -0.05) is 40.5 Å². The van der Waals surface area contributed by atoms with Crippen LogP contribution in [0.1, 0.15) is 40.5 Å². The summed E-state index contributed by atoms with van der Waals surface area (Å²) in [6, 6.07) is 0. The van der Waals surface area contributed by atoms with Crippen LogP contribution in [-0.4, -0.2) is 0 Å². The summed E-state index contributed by atoms with van der Waals surface area (Å²) < 4.78 is 0. The van der Waals surface area contributed by atoms with Gasteiger partial charge in [0, 0.05) is 0 Å². The van der Waals surface area contributed by atoms with E-state index in [1.807, 2.05) is 0 Å². The minimum absolute atomic E-state index is 0. The average Bonchev–Trinajstić information content (AvgIpc) is 1.39. The number of hydrogen-bond donors (Lipinski definition) is 0. The summed E-state index contributed by atoms with van der Waals surface area (Å²) in [4.78, 5) is 0. The Morgan fingerprint density at radius 3 is 0.714 bits per heavy atom. The summed E-state index contributed by atoms with van der Waals surface area (Å²) in [7, 11) is 0. The van der Waals surface area contributed by atoms with Crippen LogP contribution in [0, 0.1) is 0 Å². The molecule has 48 valence electrons. The van der Waals surface area contributed by atoms with E-state index in [-0.39, 0.29) is 4.70 Å². The monoisotopic (exact) mass is 108 g/mol. The maximum Gasteiger partial charge on any atom is -0.0590 e. The van der Waals surface area contributed by atoms with E-state index >= 15 is 0 Å². The van der Waals surface area contributed by atoms with E-state index < -0.39 is 0 Å². The molecular formula is C6H17F. The lowest BCUT2D eigenvalue weighted by Crippen LogP contribution is -1.27. The summed E-state index contributed by atoms with van der Waals surface area (Å²) in [5, 5.41) is 0. The first-order valence-corrected chi connectivity index (χ1v) is 2.83. The minimum Gasteiger partial charge on any atom is -0.269 e. The molecule has 0 fully saturated rings. The lowest BCUT2D eigenvalue weighted by Gasteiger charge is -1.48. The summed E-state index contributed by atoms with van der Waals surface area (Å²) >= 11 is 0. The molecule has 1 heteroatoms. The van der Waals surface area contributed by atoms with Crippen LogP contribution in [0.4, 0.5) is 4.70 Å². The second-order valence-corrected chi connectivity index (χ2v) is 1.41. The highest BCUT2D eigenvalue weighted by atomic mass is 19.0. The van der Waals surface area contributed by atoms with Crippen molar-refractivity contribution >= 4 is 0 Å². The van der Waals surface area contributed by atoms with Gasteiger partial charge >= 0.3 is 0 Å². The molecule has 0 rings (SSSR count). The highest BCUT2D eigenvalue weighted by Gasteiger charge is 1.36. The summed E-state index contributed by atoms with van der Waals surface area (Å²) in [5.41, 5.74) is 0. The first kappa shape index (κ1) is 15.8. The molecule has 0 heterocycles. The lowest BCUT2D eigenvalue weighted by atomic mass is 10.6. The molecule has 0 aromatic heterocycles. The molecule has 0 bridgehead atoms. The Morgan fingerprint density at radius 2 is 0.714 bits per heavy atom. The average molecular weight is 108 g/mol. The molecule has 0 aliphatic rings. The molecule has 0 unspecified atom stereocenters. The van der Waals surface area contributed by atoms with Crippen molar-refractivity contribution in [2.24, 2.45) is 0 Å². The van der Waals surface area contributed by atoms with Gasteiger partial charge in [-0.3, -0.25) is 4.70 Å². The van der Waals surface area contributed by atoms with Gasteiger partial charge in [0.15, 0.2) is 0 Å². The van der Waals surface area contributed by atoms with Gasteiger partial charge in [-0.05, 0) is 0 Å². The second-order valence-electron chi connectivity index (χ2n) is 1.41. The van der Waals surface area contributed by atoms with E-state index in [0.29, 0.717) is 0 Å². The molecule has 0 nitrogen and oxygen atoms in total. The third-order valence-electron chi connectivity index (χ3n) is 0. The fourth-order valence-electron chi connectivity index (χ4n) is 0. The Hall–Kier alpha value is -0.0700. The molecule has 0 saturated carbocycles. The van der Waals surface area contributed by atoms with E-state index in [1.165, 1.54) is 12.8 Å². The van der Waals surface area contributed by atoms with E-state index in [2.05, 4.69) is 27.7 Å². The summed E-state index contributed by atoms with van der Waals surface area (Å²) in [5.74, 6) is 0. The van der Waals surface area contributed by atoms with E-state index in [4.69, 9.17) is 0 Å². The molecule has 0 saturated heterocycles. The van der Waals surface area contributed by atoms with Gasteiger partial charge in [0.2, 0.25) is 0 Å². The van der Waals surface area contributed by atoms with Crippen molar-refractivity contribution < 1.29 is 4.70 Å². The predicted octanol–water partition coefficient (Wildman–Crippen LogP) is 2.99. The maximum atomic E-state index is 2.12. The van der Waals surface area contributed by atoms with Crippen LogP contribution in [0.25, 0.3) is 0 Å². The maximum absolute atomic E-state index is 2.12. The molecule has 0 spiro atoms. The zero-order valence-electron chi connectivity index (χ0n) is 5.82. The van der Waals surface area contributed by atoms with Crippen LogP contribution in [-0.2, 0) is 0 Å². The highest BCUT2D eigenvalue weighted by Crippen LogP contribution is 1.56. The van der Waals surface area contributed by atoms with Gasteiger partial charge in [0.05, 0.1) is 0 Å². The first-order chi connectivity index (χ1) is 2.83. The normalized spacial score (nSPS) is 5.14. The van der Waals surface area contributed by atoms with Gasteiger partial charge in [0.1, 0.15) is 0 Å². The van der Waals surface area contributed by atoms with Crippen molar-refractivity contribution in [3.63, 3.8) is 0 Å². The largest absolute Gasteiger partial charge is 0.269 e. The summed E-state index contributed by atoms with van der Waals surface area (Å²) in [6.45, 7) is 8.50. The van der Waals surface area contributed by atoms with Crippen molar-refractivity contribution in [3.8, 4) is 0 Å². The van der Waals surface area contributed by atoms with Gasteiger partial charge in [-0.15, -0.1) is 0 Å². The zero-order valence-corrected chi connectivity index (χ0v) is 5.82. The van der Waals surface area contributed by atoms with Crippen LogP contribution in [0.15, 0.2) is 0 Å². The van der Waals surface area contributed by atoms with Crippen LogP contribution in [0.3, 0.4) is 0 Å². The zero-order chi connectivity index (χ0) is 5.41. The fourth-order valence-corrected chi connectivity index (χ4v) is 0. The van der Waals surface area contributed by atoms with E-state index in [1.54, 1.807) is 0 Å². The standard InChI is InChI=1S/2C3H8.FH/c2*1-3-2;/h2*3H2,1-2H3;1H.